The van der Waals surface area contributed by atoms with Gasteiger partial charge in [0.25, 0.3) is 0 Å². The number of nitrogens with zero attached hydrogens (tertiary/aromatic N) is 1. The summed E-state index contributed by atoms with van der Waals surface area (Å²) in [7, 11) is 0. The Labute approximate surface area is 141 Å². The quantitative estimate of drug-likeness (QED) is 0.894. The van der Waals surface area contributed by atoms with Crippen LogP contribution in [0.1, 0.15) is 17.5 Å². The Kier molecular flexibility index (Phi) is 4.99. The van der Waals surface area contributed by atoms with Crippen LogP contribution in [0.25, 0.3) is 5.57 Å². The Hall–Kier alpha value is -2.26. The van der Waals surface area contributed by atoms with E-state index in [4.69, 9.17) is 11.6 Å². The topological polar surface area (TPSA) is 32.3 Å². The molecule has 4 heteroatoms. The van der Waals surface area contributed by atoms with E-state index in [-0.39, 0.29) is 6.03 Å². The van der Waals surface area contributed by atoms with Crippen LogP contribution in [0.5, 0.6) is 0 Å². The van der Waals surface area contributed by atoms with Crippen LogP contribution in [0.2, 0.25) is 5.02 Å². The highest BCUT2D eigenvalue weighted by Crippen LogP contribution is 2.22. The van der Waals surface area contributed by atoms with Crippen molar-refractivity contribution >= 4 is 23.2 Å². The van der Waals surface area contributed by atoms with Gasteiger partial charge in [0.2, 0.25) is 0 Å². The smallest absolute Gasteiger partial charge is 0.317 e. The highest BCUT2D eigenvalue weighted by atomic mass is 35.5. The molecule has 3 nitrogen and oxygen atoms in total. The fraction of sp³-hybridized carbons (Fsp3) is 0.211. The first-order valence-corrected chi connectivity index (χ1v) is 8.12. The molecule has 2 aromatic carbocycles. The van der Waals surface area contributed by atoms with Crippen molar-refractivity contribution < 1.29 is 4.79 Å². The van der Waals surface area contributed by atoms with Crippen LogP contribution in [0.4, 0.5) is 4.79 Å². The predicted octanol–water partition coefficient (Wildman–Crippen LogP) is 4.34. The lowest BCUT2D eigenvalue weighted by Crippen LogP contribution is -2.41. The Morgan fingerprint density at radius 3 is 2.65 bits per heavy atom. The third-order valence-electron chi connectivity index (χ3n) is 3.97. The molecule has 1 N–H and O–H groups in total. The summed E-state index contributed by atoms with van der Waals surface area (Å²) in [5.41, 5.74) is 3.55. The molecule has 0 saturated carbocycles. The molecule has 2 amide bonds. The van der Waals surface area contributed by atoms with Gasteiger partial charge in [-0.1, -0.05) is 60.1 Å². The fourth-order valence-corrected chi connectivity index (χ4v) is 2.92. The second kappa shape index (κ2) is 7.34. The number of urea groups is 1. The van der Waals surface area contributed by atoms with Gasteiger partial charge in [0.05, 0.1) is 0 Å². The average molecular weight is 327 g/mol. The maximum absolute atomic E-state index is 12.3. The Morgan fingerprint density at radius 1 is 1.13 bits per heavy atom. The number of nitrogens with one attached hydrogen (secondary N) is 1. The maximum atomic E-state index is 12.3. The third-order valence-corrected chi connectivity index (χ3v) is 4.21. The van der Waals surface area contributed by atoms with E-state index in [1.54, 1.807) is 0 Å². The first-order chi connectivity index (χ1) is 11.2. The van der Waals surface area contributed by atoms with Gasteiger partial charge in [-0.15, -0.1) is 0 Å². The zero-order valence-corrected chi connectivity index (χ0v) is 13.6. The molecule has 0 saturated heterocycles. The number of halogens is 1. The highest BCUT2D eigenvalue weighted by Gasteiger charge is 2.17. The molecule has 118 valence electrons. The van der Waals surface area contributed by atoms with Crippen LogP contribution >= 0.6 is 11.6 Å². The number of amides is 2. The van der Waals surface area contributed by atoms with Crippen molar-refractivity contribution in [3.63, 3.8) is 0 Å². The SMILES string of the molecule is O=C(NCc1cccc(Cl)c1)N1CC=C(c2ccccc2)CC1. The van der Waals surface area contributed by atoms with Crippen LogP contribution in [0, 0.1) is 0 Å². The maximum Gasteiger partial charge on any atom is 0.317 e. The van der Waals surface area contributed by atoms with E-state index in [1.807, 2.05) is 47.4 Å². The zero-order chi connectivity index (χ0) is 16.1. The van der Waals surface area contributed by atoms with Gasteiger partial charge in [-0.3, -0.25) is 0 Å². The van der Waals surface area contributed by atoms with E-state index in [0.29, 0.717) is 18.1 Å². The van der Waals surface area contributed by atoms with E-state index < -0.39 is 0 Å². The van der Waals surface area contributed by atoms with Crippen LogP contribution in [-0.2, 0) is 6.54 Å². The van der Waals surface area contributed by atoms with E-state index >= 15 is 0 Å². The number of hydrogen-bond acceptors (Lipinski definition) is 1. The molecule has 2 aromatic rings. The summed E-state index contributed by atoms with van der Waals surface area (Å²) in [6.45, 7) is 1.87. The van der Waals surface area contributed by atoms with Crippen molar-refractivity contribution in [1.82, 2.24) is 10.2 Å². The molecule has 1 aliphatic rings. The van der Waals surface area contributed by atoms with Crippen molar-refractivity contribution in [1.29, 1.82) is 0 Å². The zero-order valence-electron chi connectivity index (χ0n) is 12.8. The monoisotopic (exact) mass is 326 g/mol. The molecule has 0 bridgehead atoms. The first kappa shape index (κ1) is 15.6. The Bertz CT molecular complexity index is 712. The van der Waals surface area contributed by atoms with Crippen molar-refractivity contribution in [2.75, 3.05) is 13.1 Å². The van der Waals surface area contributed by atoms with E-state index in [2.05, 4.69) is 23.5 Å². The lowest BCUT2D eigenvalue weighted by Gasteiger charge is -2.27. The van der Waals surface area contributed by atoms with Gasteiger partial charge < -0.3 is 10.2 Å². The number of carbonyl (C=O) groups excluding carboxylic acids is 1. The largest absolute Gasteiger partial charge is 0.334 e. The number of carbonyl (C=O) groups is 1. The molecular weight excluding hydrogens is 308 g/mol. The van der Waals surface area contributed by atoms with Gasteiger partial charge in [-0.25, -0.2) is 4.79 Å². The number of benzene rings is 2. The lowest BCUT2D eigenvalue weighted by atomic mass is 10.00. The Morgan fingerprint density at radius 2 is 1.96 bits per heavy atom. The van der Waals surface area contributed by atoms with Gasteiger partial charge in [-0.2, -0.15) is 0 Å². The summed E-state index contributed by atoms with van der Waals surface area (Å²) in [6.07, 6.45) is 3.02. The first-order valence-electron chi connectivity index (χ1n) is 7.74. The van der Waals surface area contributed by atoms with Crippen LogP contribution in [0.15, 0.2) is 60.7 Å². The van der Waals surface area contributed by atoms with Crippen molar-refractivity contribution in [3.05, 3.63) is 76.8 Å². The summed E-state index contributed by atoms with van der Waals surface area (Å²) >= 11 is 5.95. The second-order valence-corrected chi connectivity index (χ2v) is 6.02. The van der Waals surface area contributed by atoms with Gasteiger partial charge in [0, 0.05) is 24.7 Å². The normalized spacial score (nSPS) is 14.3. The van der Waals surface area contributed by atoms with Gasteiger partial charge >= 0.3 is 6.03 Å². The molecule has 1 heterocycles. The van der Waals surface area contributed by atoms with Crippen LogP contribution in [-0.4, -0.2) is 24.0 Å². The van der Waals surface area contributed by atoms with Gasteiger partial charge in [0.1, 0.15) is 0 Å². The molecule has 0 aliphatic carbocycles. The predicted molar refractivity (Wildman–Crippen MR) is 94.3 cm³/mol. The van der Waals surface area contributed by atoms with Crippen molar-refractivity contribution in [3.8, 4) is 0 Å². The molecule has 0 spiro atoms. The molecule has 0 atom stereocenters. The standard InChI is InChI=1S/C19H19ClN2O/c20-18-8-4-5-15(13-18)14-21-19(23)22-11-9-17(10-12-22)16-6-2-1-3-7-16/h1-9,13H,10-12,14H2,(H,21,23). The fourth-order valence-electron chi connectivity index (χ4n) is 2.70. The minimum Gasteiger partial charge on any atom is -0.334 e. The highest BCUT2D eigenvalue weighted by molar-refractivity contribution is 6.30. The van der Waals surface area contributed by atoms with E-state index in [9.17, 15) is 4.79 Å². The molecule has 0 unspecified atom stereocenters. The van der Waals surface area contributed by atoms with Gasteiger partial charge in [-0.05, 0) is 35.3 Å². The molecule has 0 aromatic heterocycles. The number of hydrogen-bond donors (Lipinski definition) is 1. The average Bonchev–Trinajstić information content (AvgIpc) is 2.61. The molecule has 1 aliphatic heterocycles. The van der Waals surface area contributed by atoms with Crippen LogP contribution in [0.3, 0.4) is 0 Å². The molecule has 0 radical (unpaired) electrons. The van der Waals surface area contributed by atoms with E-state index in [0.717, 1.165) is 18.5 Å². The molecule has 3 rings (SSSR count). The van der Waals surface area contributed by atoms with Crippen molar-refractivity contribution in [2.24, 2.45) is 0 Å². The number of rotatable bonds is 3. The van der Waals surface area contributed by atoms with Gasteiger partial charge in [0.15, 0.2) is 0 Å². The second-order valence-electron chi connectivity index (χ2n) is 5.58. The van der Waals surface area contributed by atoms with E-state index in [1.165, 1.54) is 11.1 Å². The molecule has 0 fully saturated rings. The molecular formula is C19H19ClN2O. The Balaban J connectivity index is 1.55. The summed E-state index contributed by atoms with van der Waals surface area (Å²) in [6, 6.07) is 17.8. The third kappa shape index (κ3) is 4.14. The van der Waals surface area contributed by atoms with Crippen molar-refractivity contribution in [2.45, 2.75) is 13.0 Å². The summed E-state index contributed by atoms with van der Waals surface area (Å²) in [5, 5.41) is 3.63. The molecule has 23 heavy (non-hydrogen) atoms. The minimum absolute atomic E-state index is 0.0339. The van der Waals surface area contributed by atoms with Crippen LogP contribution < -0.4 is 5.32 Å². The summed E-state index contributed by atoms with van der Waals surface area (Å²) < 4.78 is 0. The summed E-state index contributed by atoms with van der Waals surface area (Å²) in [4.78, 5) is 14.1. The summed E-state index contributed by atoms with van der Waals surface area (Å²) in [5.74, 6) is 0. The lowest BCUT2D eigenvalue weighted by molar-refractivity contribution is 0.202. The minimum atomic E-state index is -0.0339.